The summed E-state index contributed by atoms with van der Waals surface area (Å²) in [7, 11) is 0. The van der Waals surface area contributed by atoms with Crippen LogP contribution in [0.25, 0.3) is 0 Å². The molecule has 4 nitrogen and oxygen atoms in total. The van der Waals surface area contributed by atoms with E-state index in [9.17, 15) is 9.90 Å². The zero-order valence-corrected chi connectivity index (χ0v) is 10.8. The molecule has 0 fully saturated rings. The standard InChI is InChI=1S/C12H18N2O2S/c1-3-17-10-7-5-4-6-9(10)14-12(16)11(13)8(2)15/h4-8,11,15H,3,13H2,1-2H3,(H,14,16)/t8-,11+/m1/s1. The van der Waals surface area contributed by atoms with Gasteiger partial charge < -0.3 is 16.2 Å². The lowest BCUT2D eigenvalue weighted by molar-refractivity contribution is -0.119. The number of rotatable bonds is 5. The lowest BCUT2D eigenvalue weighted by atomic mass is 10.2. The molecule has 1 aromatic rings. The lowest BCUT2D eigenvalue weighted by Gasteiger charge is -2.16. The molecule has 0 aliphatic carbocycles. The molecule has 0 radical (unpaired) electrons. The summed E-state index contributed by atoms with van der Waals surface area (Å²) in [5.41, 5.74) is 6.30. The molecule has 1 rings (SSSR count). The number of nitrogens with two attached hydrogens (primary N) is 1. The number of hydrogen-bond donors (Lipinski definition) is 3. The second-order valence-corrected chi connectivity index (χ2v) is 4.99. The van der Waals surface area contributed by atoms with Crippen molar-refractivity contribution in [2.24, 2.45) is 5.73 Å². The zero-order valence-electron chi connectivity index (χ0n) is 10.0. The molecule has 4 N–H and O–H groups in total. The van der Waals surface area contributed by atoms with Crippen LogP contribution in [0.5, 0.6) is 0 Å². The molecule has 94 valence electrons. The fourth-order valence-corrected chi connectivity index (χ4v) is 2.05. The molecule has 0 saturated heterocycles. The number of carbonyl (C=O) groups is 1. The van der Waals surface area contributed by atoms with Gasteiger partial charge in [0.25, 0.3) is 0 Å². The molecular weight excluding hydrogens is 236 g/mol. The number of amides is 1. The van der Waals surface area contributed by atoms with E-state index in [0.717, 1.165) is 16.3 Å². The summed E-state index contributed by atoms with van der Waals surface area (Å²) in [6.07, 6.45) is -0.860. The van der Waals surface area contributed by atoms with Crippen molar-refractivity contribution in [3.8, 4) is 0 Å². The molecule has 0 unspecified atom stereocenters. The van der Waals surface area contributed by atoms with E-state index in [1.54, 1.807) is 11.8 Å². The Bertz CT molecular complexity index is 383. The van der Waals surface area contributed by atoms with Crippen molar-refractivity contribution in [2.45, 2.75) is 30.9 Å². The number of carbonyl (C=O) groups excluding carboxylic acids is 1. The highest BCUT2D eigenvalue weighted by atomic mass is 32.2. The van der Waals surface area contributed by atoms with Crippen LogP contribution in [-0.4, -0.2) is 28.9 Å². The first-order valence-electron chi connectivity index (χ1n) is 5.52. The predicted molar refractivity (Wildman–Crippen MR) is 71.1 cm³/mol. The lowest BCUT2D eigenvalue weighted by Crippen LogP contribution is -2.43. The molecule has 0 saturated carbocycles. The molecule has 0 aromatic heterocycles. The number of anilines is 1. The Labute approximate surface area is 106 Å². The second kappa shape index (κ2) is 6.64. The van der Waals surface area contributed by atoms with Gasteiger partial charge in [-0.3, -0.25) is 4.79 Å². The van der Waals surface area contributed by atoms with Crippen molar-refractivity contribution in [1.82, 2.24) is 0 Å². The first-order valence-corrected chi connectivity index (χ1v) is 6.51. The molecule has 1 aromatic carbocycles. The molecule has 0 aliphatic heterocycles. The maximum atomic E-state index is 11.7. The van der Waals surface area contributed by atoms with Gasteiger partial charge in [0, 0.05) is 4.90 Å². The van der Waals surface area contributed by atoms with Gasteiger partial charge in [0.2, 0.25) is 5.91 Å². The summed E-state index contributed by atoms with van der Waals surface area (Å²) in [5.74, 6) is 0.555. The Morgan fingerprint density at radius 3 is 2.76 bits per heavy atom. The van der Waals surface area contributed by atoms with E-state index < -0.39 is 12.1 Å². The summed E-state index contributed by atoms with van der Waals surface area (Å²) in [6.45, 7) is 3.54. The van der Waals surface area contributed by atoms with E-state index in [4.69, 9.17) is 5.73 Å². The number of para-hydroxylation sites is 1. The molecule has 0 spiro atoms. The third-order valence-corrected chi connectivity index (χ3v) is 3.22. The van der Waals surface area contributed by atoms with Gasteiger partial charge in [-0.1, -0.05) is 19.1 Å². The van der Waals surface area contributed by atoms with E-state index in [-0.39, 0.29) is 5.91 Å². The van der Waals surface area contributed by atoms with Crippen molar-refractivity contribution >= 4 is 23.4 Å². The minimum atomic E-state index is -0.908. The van der Waals surface area contributed by atoms with Gasteiger partial charge in [-0.2, -0.15) is 0 Å². The van der Waals surface area contributed by atoms with Gasteiger partial charge in [-0.25, -0.2) is 0 Å². The zero-order chi connectivity index (χ0) is 12.8. The largest absolute Gasteiger partial charge is 0.391 e. The third-order valence-electron chi connectivity index (χ3n) is 2.27. The highest BCUT2D eigenvalue weighted by molar-refractivity contribution is 7.99. The number of hydrogen-bond acceptors (Lipinski definition) is 4. The first-order chi connectivity index (χ1) is 8.06. The van der Waals surface area contributed by atoms with Crippen LogP contribution in [0.15, 0.2) is 29.2 Å². The number of aliphatic hydroxyl groups is 1. The van der Waals surface area contributed by atoms with Crippen molar-refractivity contribution < 1.29 is 9.90 Å². The van der Waals surface area contributed by atoms with E-state index in [1.165, 1.54) is 6.92 Å². The number of nitrogens with one attached hydrogen (secondary N) is 1. The van der Waals surface area contributed by atoms with Crippen LogP contribution < -0.4 is 11.1 Å². The Morgan fingerprint density at radius 2 is 2.18 bits per heavy atom. The fourth-order valence-electron chi connectivity index (χ4n) is 1.29. The van der Waals surface area contributed by atoms with Crippen molar-refractivity contribution in [3.63, 3.8) is 0 Å². The maximum absolute atomic E-state index is 11.7. The molecule has 2 atom stereocenters. The molecular formula is C12H18N2O2S. The van der Waals surface area contributed by atoms with Crippen LogP contribution in [0, 0.1) is 0 Å². The SMILES string of the molecule is CCSc1ccccc1NC(=O)[C@@H](N)[C@@H](C)O. The quantitative estimate of drug-likeness (QED) is 0.695. The Balaban J connectivity index is 2.77. The summed E-state index contributed by atoms with van der Waals surface area (Å²) < 4.78 is 0. The van der Waals surface area contributed by atoms with E-state index in [0.29, 0.717) is 0 Å². The number of aliphatic hydroxyl groups excluding tert-OH is 1. The Hall–Kier alpha value is -1.04. The maximum Gasteiger partial charge on any atom is 0.243 e. The average molecular weight is 254 g/mol. The van der Waals surface area contributed by atoms with E-state index in [2.05, 4.69) is 5.32 Å². The summed E-state index contributed by atoms with van der Waals surface area (Å²) in [5, 5.41) is 12.0. The fraction of sp³-hybridized carbons (Fsp3) is 0.417. The van der Waals surface area contributed by atoms with Crippen LogP contribution in [0.4, 0.5) is 5.69 Å². The summed E-state index contributed by atoms with van der Waals surface area (Å²) >= 11 is 1.65. The highest BCUT2D eigenvalue weighted by Gasteiger charge is 2.19. The van der Waals surface area contributed by atoms with Gasteiger partial charge in [0.05, 0.1) is 11.8 Å². The van der Waals surface area contributed by atoms with Crippen LogP contribution in [0.2, 0.25) is 0 Å². The average Bonchev–Trinajstić information content (AvgIpc) is 2.30. The molecule has 1 amide bonds. The predicted octanol–water partition coefficient (Wildman–Crippen LogP) is 1.45. The first kappa shape index (κ1) is 14.0. The highest BCUT2D eigenvalue weighted by Crippen LogP contribution is 2.26. The topological polar surface area (TPSA) is 75.4 Å². The van der Waals surface area contributed by atoms with E-state index >= 15 is 0 Å². The smallest absolute Gasteiger partial charge is 0.243 e. The summed E-state index contributed by atoms with van der Waals surface area (Å²) in [4.78, 5) is 12.7. The third kappa shape index (κ3) is 4.03. The summed E-state index contributed by atoms with van der Waals surface area (Å²) in [6, 6.07) is 6.63. The van der Waals surface area contributed by atoms with Gasteiger partial charge >= 0.3 is 0 Å². The van der Waals surface area contributed by atoms with Crippen LogP contribution in [0.1, 0.15) is 13.8 Å². The van der Waals surface area contributed by atoms with Crippen LogP contribution in [-0.2, 0) is 4.79 Å². The minimum Gasteiger partial charge on any atom is -0.391 e. The van der Waals surface area contributed by atoms with Gasteiger partial charge in [0.15, 0.2) is 0 Å². The van der Waals surface area contributed by atoms with Gasteiger partial charge in [0.1, 0.15) is 6.04 Å². The number of benzene rings is 1. The monoisotopic (exact) mass is 254 g/mol. The molecule has 0 heterocycles. The van der Waals surface area contributed by atoms with Gasteiger partial charge in [-0.05, 0) is 24.8 Å². The number of thioether (sulfide) groups is 1. The minimum absolute atomic E-state index is 0.371. The normalized spacial score (nSPS) is 14.1. The molecule has 5 heteroatoms. The Morgan fingerprint density at radius 1 is 1.53 bits per heavy atom. The molecule has 0 aliphatic rings. The van der Waals surface area contributed by atoms with Crippen molar-refractivity contribution in [1.29, 1.82) is 0 Å². The van der Waals surface area contributed by atoms with Crippen LogP contribution >= 0.6 is 11.8 Å². The van der Waals surface area contributed by atoms with Crippen LogP contribution in [0.3, 0.4) is 0 Å². The van der Waals surface area contributed by atoms with Crippen molar-refractivity contribution in [3.05, 3.63) is 24.3 Å². The second-order valence-electron chi connectivity index (χ2n) is 3.68. The van der Waals surface area contributed by atoms with E-state index in [1.807, 2.05) is 31.2 Å². The van der Waals surface area contributed by atoms with Gasteiger partial charge in [-0.15, -0.1) is 11.8 Å². The molecule has 0 bridgehead atoms. The molecule has 17 heavy (non-hydrogen) atoms. The Kier molecular flexibility index (Phi) is 5.47. The van der Waals surface area contributed by atoms with Crippen molar-refractivity contribution in [2.75, 3.05) is 11.1 Å².